The first-order chi connectivity index (χ1) is 7.91. The monoisotopic (exact) mass is 268 g/mol. The van der Waals surface area contributed by atoms with Crippen molar-refractivity contribution in [2.45, 2.75) is 32.4 Å². The second kappa shape index (κ2) is 8.82. The number of sulfonamides is 1. The predicted octanol–water partition coefficient (Wildman–Crippen LogP) is -0.305. The fourth-order valence-electron chi connectivity index (χ4n) is 1.29. The molecule has 0 saturated heterocycles. The standard InChI is InChI=1S/C10H24N2O4S/c1-9(2)16-6-7-17(13,14)12-10(4-5-11)8-15-3/h9-10,12H,4-8,11H2,1-3H3. The molecule has 104 valence electrons. The predicted molar refractivity (Wildman–Crippen MR) is 67.3 cm³/mol. The van der Waals surface area contributed by atoms with Crippen LogP contribution in [-0.4, -0.2) is 53.2 Å². The van der Waals surface area contributed by atoms with Gasteiger partial charge in [-0.3, -0.25) is 0 Å². The van der Waals surface area contributed by atoms with Crippen molar-refractivity contribution in [1.29, 1.82) is 0 Å². The number of nitrogens with two attached hydrogens (primary N) is 1. The lowest BCUT2D eigenvalue weighted by Crippen LogP contribution is -2.41. The van der Waals surface area contributed by atoms with Crippen molar-refractivity contribution in [3.8, 4) is 0 Å². The molecule has 0 aromatic rings. The summed E-state index contributed by atoms with van der Waals surface area (Å²) >= 11 is 0. The second-order valence-electron chi connectivity index (χ2n) is 4.09. The van der Waals surface area contributed by atoms with Crippen molar-refractivity contribution in [3.05, 3.63) is 0 Å². The van der Waals surface area contributed by atoms with Gasteiger partial charge < -0.3 is 15.2 Å². The van der Waals surface area contributed by atoms with E-state index in [1.165, 1.54) is 7.11 Å². The van der Waals surface area contributed by atoms with Gasteiger partial charge in [0.1, 0.15) is 0 Å². The average molecular weight is 268 g/mol. The number of nitrogens with one attached hydrogen (secondary N) is 1. The molecule has 0 amide bonds. The topological polar surface area (TPSA) is 90.6 Å². The molecule has 0 saturated carbocycles. The molecule has 0 aliphatic rings. The van der Waals surface area contributed by atoms with Gasteiger partial charge in [0.2, 0.25) is 10.0 Å². The van der Waals surface area contributed by atoms with Gasteiger partial charge in [0.15, 0.2) is 0 Å². The van der Waals surface area contributed by atoms with Crippen LogP contribution in [0.2, 0.25) is 0 Å². The molecule has 3 N–H and O–H groups in total. The van der Waals surface area contributed by atoms with E-state index in [4.69, 9.17) is 15.2 Å². The van der Waals surface area contributed by atoms with Crippen molar-refractivity contribution < 1.29 is 17.9 Å². The molecule has 1 atom stereocenters. The minimum atomic E-state index is -3.33. The maximum Gasteiger partial charge on any atom is 0.214 e. The van der Waals surface area contributed by atoms with E-state index in [1.807, 2.05) is 13.8 Å². The van der Waals surface area contributed by atoms with Gasteiger partial charge in [-0.05, 0) is 26.8 Å². The van der Waals surface area contributed by atoms with Crippen LogP contribution in [0.3, 0.4) is 0 Å². The molecule has 0 heterocycles. The molecule has 0 aromatic carbocycles. The van der Waals surface area contributed by atoms with Gasteiger partial charge in [-0.15, -0.1) is 0 Å². The van der Waals surface area contributed by atoms with E-state index >= 15 is 0 Å². The zero-order valence-electron chi connectivity index (χ0n) is 10.8. The third-order valence-corrected chi connectivity index (χ3v) is 3.43. The number of rotatable bonds is 10. The van der Waals surface area contributed by atoms with E-state index in [0.717, 1.165) is 0 Å². The first kappa shape index (κ1) is 16.8. The summed E-state index contributed by atoms with van der Waals surface area (Å²) < 4.78 is 36.1. The van der Waals surface area contributed by atoms with E-state index in [1.54, 1.807) is 0 Å². The van der Waals surface area contributed by atoms with E-state index in [2.05, 4.69) is 4.72 Å². The lowest BCUT2D eigenvalue weighted by Gasteiger charge is -2.17. The molecular weight excluding hydrogens is 244 g/mol. The van der Waals surface area contributed by atoms with Gasteiger partial charge in [-0.2, -0.15) is 0 Å². The number of hydrogen-bond donors (Lipinski definition) is 2. The molecule has 7 heteroatoms. The number of hydrogen-bond acceptors (Lipinski definition) is 5. The third-order valence-electron chi connectivity index (χ3n) is 2.03. The quantitative estimate of drug-likeness (QED) is 0.567. The molecule has 6 nitrogen and oxygen atoms in total. The van der Waals surface area contributed by atoms with Crippen LogP contribution in [-0.2, 0) is 19.5 Å². The molecule has 0 spiro atoms. The Balaban J connectivity index is 4.11. The molecule has 17 heavy (non-hydrogen) atoms. The Morgan fingerprint density at radius 1 is 1.35 bits per heavy atom. The Kier molecular flexibility index (Phi) is 8.71. The van der Waals surface area contributed by atoms with E-state index in [0.29, 0.717) is 19.6 Å². The van der Waals surface area contributed by atoms with Crippen LogP contribution in [0.5, 0.6) is 0 Å². The molecule has 0 fully saturated rings. The first-order valence-corrected chi connectivity index (χ1v) is 7.37. The largest absolute Gasteiger partial charge is 0.383 e. The van der Waals surface area contributed by atoms with Gasteiger partial charge in [0, 0.05) is 13.2 Å². The summed E-state index contributed by atoms with van der Waals surface area (Å²) in [5.41, 5.74) is 5.40. The SMILES string of the molecule is COCC(CCN)NS(=O)(=O)CCOC(C)C. The van der Waals surface area contributed by atoms with Crippen molar-refractivity contribution in [2.24, 2.45) is 5.73 Å². The maximum atomic E-state index is 11.7. The highest BCUT2D eigenvalue weighted by atomic mass is 32.2. The smallest absolute Gasteiger partial charge is 0.214 e. The summed E-state index contributed by atoms with van der Waals surface area (Å²) in [7, 11) is -1.80. The Bertz CT molecular complexity index is 274. The fourth-order valence-corrected chi connectivity index (χ4v) is 2.41. The molecule has 0 aliphatic heterocycles. The van der Waals surface area contributed by atoms with Crippen molar-refractivity contribution in [2.75, 3.05) is 32.6 Å². The highest BCUT2D eigenvalue weighted by Gasteiger charge is 2.17. The number of methoxy groups -OCH3 is 1. The van der Waals surface area contributed by atoms with Crippen LogP contribution in [0.1, 0.15) is 20.3 Å². The Labute approximate surface area is 104 Å². The normalized spacial score (nSPS) is 14.2. The summed E-state index contributed by atoms with van der Waals surface area (Å²) in [5.74, 6) is -0.0457. The second-order valence-corrected chi connectivity index (χ2v) is 5.96. The summed E-state index contributed by atoms with van der Waals surface area (Å²) in [6, 6.07) is -0.269. The van der Waals surface area contributed by atoms with Gasteiger partial charge in [0.25, 0.3) is 0 Å². The first-order valence-electron chi connectivity index (χ1n) is 5.72. The summed E-state index contributed by atoms with van der Waals surface area (Å²) in [6.45, 7) is 4.65. The van der Waals surface area contributed by atoms with Crippen LogP contribution < -0.4 is 10.5 Å². The van der Waals surface area contributed by atoms with Crippen LogP contribution in [0.4, 0.5) is 0 Å². The maximum absolute atomic E-state index is 11.7. The van der Waals surface area contributed by atoms with Crippen molar-refractivity contribution in [3.63, 3.8) is 0 Å². The van der Waals surface area contributed by atoms with Crippen LogP contribution in [0.15, 0.2) is 0 Å². The lowest BCUT2D eigenvalue weighted by molar-refractivity contribution is 0.0910. The molecule has 0 rings (SSSR count). The van der Waals surface area contributed by atoms with Gasteiger partial charge in [-0.1, -0.05) is 0 Å². The Hall–Kier alpha value is -0.210. The fraction of sp³-hybridized carbons (Fsp3) is 1.00. The lowest BCUT2D eigenvalue weighted by atomic mass is 10.2. The highest BCUT2D eigenvalue weighted by molar-refractivity contribution is 7.89. The van der Waals surface area contributed by atoms with Gasteiger partial charge >= 0.3 is 0 Å². The Morgan fingerprint density at radius 3 is 2.47 bits per heavy atom. The van der Waals surface area contributed by atoms with Crippen LogP contribution >= 0.6 is 0 Å². The molecule has 0 radical (unpaired) electrons. The molecule has 0 bridgehead atoms. The minimum absolute atomic E-state index is 0.0315. The van der Waals surface area contributed by atoms with Gasteiger partial charge in [0.05, 0.1) is 25.1 Å². The highest BCUT2D eigenvalue weighted by Crippen LogP contribution is 1.97. The summed E-state index contributed by atoms with van der Waals surface area (Å²) in [4.78, 5) is 0. The van der Waals surface area contributed by atoms with Gasteiger partial charge in [-0.25, -0.2) is 13.1 Å². The summed E-state index contributed by atoms with van der Waals surface area (Å²) in [6.07, 6.45) is 0.585. The van der Waals surface area contributed by atoms with E-state index in [-0.39, 0.29) is 24.5 Å². The Morgan fingerprint density at radius 2 is 2.00 bits per heavy atom. The minimum Gasteiger partial charge on any atom is -0.383 e. The molecule has 0 aliphatic carbocycles. The van der Waals surface area contributed by atoms with E-state index < -0.39 is 10.0 Å². The number of ether oxygens (including phenoxy) is 2. The zero-order valence-corrected chi connectivity index (χ0v) is 11.6. The third kappa shape index (κ3) is 9.49. The molecular formula is C10H24N2O4S. The van der Waals surface area contributed by atoms with Crippen LogP contribution in [0, 0.1) is 0 Å². The van der Waals surface area contributed by atoms with E-state index in [9.17, 15) is 8.42 Å². The summed E-state index contributed by atoms with van der Waals surface area (Å²) in [5, 5.41) is 0. The van der Waals surface area contributed by atoms with Crippen molar-refractivity contribution in [1.82, 2.24) is 4.72 Å². The van der Waals surface area contributed by atoms with Crippen molar-refractivity contribution >= 4 is 10.0 Å². The van der Waals surface area contributed by atoms with Crippen LogP contribution in [0.25, 0.3) is 0 Å². The zero-order chi connectivity index (χ0) is 13.3. The molecule has 1 unspecified atom stereocenters. The molecule has 0 aromatic heterocycles. The average Bonchev–Trinajstić information content (AvgIpc) is 2.16.